The van der Waals surface area contributed by atoms with Gasteiger partial charge in [-0.15, -0.1) is 0 Å². The van der Waals surface area contributed by atoms with Crippen molar-refractivity contribution in [2.24, 2.45) is 0 Å². The summed E-state index contributed by atoms with van der Waals surface area (Å²) in [6.45, 7) is 19.9. The average molecular weight is 795 g/mol. The van der Waals surface area contributed by atoms with Gasteiger partial charge < -0.3 is 33.3 Å². The van der Waals surface area contributed by atoms with Crippen LogP contribution in [0.4, 0.5) is 0 Å². The van der Waals surface area contributed by atoms with Gasteiger partial charge in [0.15, 0.2) is 0 Å². The molecule has 0 spiro atoms. The molecule has 4 aromatic rings. The first-order valence-electron chi connectivity index (χ1n) is 21.3. The molecule has 0 fully saturated rings. The van der Waals surface area contributed by atoms with Gasteiger partial charge in [0.25, 0.3) is 0 Å². The van der Waals surface area contributed by atoms with Gasteiger partial charge in [-0.05, 0) is 22.3 Å². The molecule has 320 valence electrons. The zero-order valence-electron chi connectivity index (χ0n) is 38.3. The van der Waals surface area contributed by atoms with E-state index in [1.54, 1.807) is 0 Å². The van der Waals surface area contributed by atoms with Crippen molar-refractivity contribution in [3.63, 3.8) is 0 Å². The van der Waals surface area contributed by atoms with E-state index in [4.69, 9.17) is 9.47 Å². The molecule has 58 heavy (non-hydrogen) atoms. The summed E-state index contributed by atoms with van der Waals surface area (Å²) >= 11 is 0. The molecule has 0 saturated carbocycles. The second-order valence-electron chi connectivity index (χ2n) is 13.8. The number of carbonyl (C=O) groups excluding carboxylic acids is 2. The Hall–Kier alpha value is -4.52. The lowest BCUT2D eigenvalue weighted by molar-refractivity contribution is -0.941. The highest BCUT2D eigenvalue weighted by molar-refractivity contribution is 5.91. The van der Waals surface area contributed by atoms with Crippen LogP contribution in [0.1, 0.15) is 101 Å². The van der Waals surface area contributed by atoms with E-state index in [-0.39, 0.29) is 40.2 Å². The summed E-state index contributed by atoms with van der Waals surface area (Å²) in [5.74, 6) is -1.05. The third-order valence-corrected chi connectivity index (χ3v) is 10.7. The van der Waals surface area contributed by atoms with Crippen LogP contribution in [0, 0.1) is 14.9 Å². The molecule has 6 heteroatoms. The van der Waals surface area contributed by atoms with Gasteiger partial charge in [-0.3, -0.25) is 0 Å². The highest BCUT2D eigenvalue weighted by atomic mass is 16.5. The van der Waals surface area contributed by atoms with E-state index < -0.39 is 11.9 Å². The topological polar surface area (TPSA) is 52.6 Å². The minimum absolute atomic E-state index is 0. The summed E-state index contributed by atoms with van der Waals surface area (Å²) in [7, 11) is 4.53. The normalized spacial score (nSPS) is 19.6. The van der Waals surface area contributed by atoms with Crippen LogP contribution in [0.2, 0.25) is 0 Å². The number of esters is 2. The molecule has 6 nitrogen and oxygen atoms in total. The van der Waals surface area contributed by atoms with Gasteiger partial charge >= 0.3 is 11.9 Å². The molecular formula is C52H78N2O4. The van der Waals surface area contributed by atoms with E-state index >= 15 is 0 Å². The van der Waals surface area contributed by atoms with Crippen molar-refractivity contribution < 1.29 is 28.0 Å². The van der Waals surface area contributed by atoms with Crippen molar-refractivity contribution in [1.29, 1.82) is 0 Å². The maximum absolute atomic E-state index is 12.6. The summed E-state index contributed by atoms with van der Waals surface area (Å²) < 4.78 is 12.8. The van der Waals surface area contributed by atoms with Crippen molar-refractivity contribution in [2.75, 3.05) is 53.5 Å². The first-order chi connectivity index (χ1) is 27.3. The molecule has 6 rings (SSSR count). The lowest BCUT2D eigenvalue weighted by Crippen LogP contribution is -2.53. The molecule has 2 heterocycles. The van der Waals surface area contributed by atoms with Gasteiger partial charge in [-0.1, -0.05) is 165 Å². The Bertz CT molecular complexity index is 1600. The monoisotopic (exact) mass is 795 g/mol. The number of hydrogen-bond acceptors (Lipinski definition) is 4. The molecule has 4 aromatic carbocycles. The van der Waals surface area contributed by atoms with Crippen LogP contribution in [0.3, 0.4) is 0 Å². The van der Waals surface area contributed by atoms with Crippen LogP contribution >= 0.6 is 0 Å². The second-order valence-corrected chi connectivity index (χ2v) is 13.8. The number of benzene rings is 4. The molecule has 0 bridgehead atoms. The quantitative estimate of drug-likeness (QED) is 0.0620. The minimum Gasteiger partial charge on any atom is -0.457 e. The molecule has 0 unspecified atom stereocenters. The molecule has 0 saturated heterocycles. The third kappa shape index (κ3) is 15.3. The van der Waals surface area contributed by atoms with Crippen LogP contribution in [0.25, 0.3) is 0 Å². The number of fused-ring (bicyclic) bond motifs is 2. The van der Waals surface area contributed by atoms with Crippen LogP contribution in [0.5, 0.6) is 0 Å². The SMILES string of the molecule is CC.CC.CC.CC.C[N@@+]1(CCOC(=O)/C=C\C(=O)OCC[N@+]2(C)CCc3ccccc3[C@H]2Cc2ccccc2)CCc2ccccc2[C@H]1Cc1ccccc1.[CH3-].[CH3-]. The van der Waals surface area contributed by atoms with E-state index in [0.717, 1.165) is 47.7 Å². The number of rotatable bonds is 12. The lowest BCUT2D eigenvalue weighted by Gasteiger charge is -2.45. The highest BCUT2D eigenvalue weighted by Crippen LogP contribution is 2.38. The molecule has 0 aliphatic carbocycles. The van der Waals surface area contributed by atoms with Gasteiger partial charge in [0.1, 0.15) is 38.4 Å². The molecule has 0 radical (unpaired) electrons. The van der Waals surface area contributed by atoms with Gasteiger partial charge in [0, 0.05) is 49.0 Å². The molecule has 0 aromatic heterocycles. The molecular weight excluding hydrogens is 717 g/mol. The summed E-state index contributed by atoms with van der Waals surface area (Å²) in [5.41, 5.74) is 8.16. The average Bonchev–Trinajstić information content (AvgIpc) is 3.26. The fraction of sp³-hybridized carbons (Fsp3) is 0.423. The number of quaternary nitrogens is 2. The number of carbonyl (C=O) groups is 2. The molecule has 2 aliphatic heterocycles. The van der Waals surface area contributed by atoms with Gasteiger partial charge in [0.2, 0.25) is 0 Å². The minimum atomic E-state index is -0.523. The van der Waals surface area contributed by atoms with Crippen LogP contribution < -0.4 is 0 Å². The second kappa shape index (κ2) is 28.8. The predicted molar refractivity (Wildman–Crippen MR) is 247 cm³/mol. The highest BCUT2D eigenvalue weighted by Gasteiger charge is 2.40. The Morgan fingerprint density at radius 1 is 0.517 bits per heavy atom. The first kappa shape index (κ1) is 53.5. The van der Waals surface area contributed by atoms with Gasteiger partial charge in [-0.2, -0.15) is 0 Å². The van der Waals surface area contributed by atoms with E-state index in [9.17, 15) is 9.59 Å². The zero-order valence-corrected chi connectivity index (χ0v) is 38.3. The largest absolute Gasteiger partial charge is 0.457 e. The first-order valence-corrected chi connectivity index (χ1v) is 21.3. The fourth-order valence-electron chi connectivity index (χ4n) is 7.72. The standard InChI is InChI=1S/C42H48N2O4.4C2H6.2CH3/c1-43(25-23-35-17-9-11-19-37(35)39(43)31-33-13-5-3-6-14-33)27-29-47-41(45)21-22-42(46)48-30-28-44(2)26-24-36-18-10-12-20-38(36)40(44)32-34-15-7-4-8-16-34;4*1-2;;/h3-22,39-40H,23-32H2,1-2H3;4*1-2H3;2*1H3/q+2;;;;;2*-1/b22-21-;;;;;;/t39-,40-,43+,44+;;;;;;/m1....../s1. The summed E-state index contributed by atoms with van der Waals surface area (Å²) in [4.78, 5) is 25.3. The number of hydrogen-bond donors (Lipinski definition) is 0. The van der Waals surface area contributed by atoms with Crippen molar-refractivity contribution >= 4 is 11.9 Å². The van der Waals surface area contributed by atoms with E-state index in [1.807, 2.05) is 67.5 Å². The molecule has 0 amide bonds. The Kier molecular flexibility index (Phi) is 26.6. The van der Waals surface area contributed by atoms with Crippen molar-refractivity contribution in [3.8, 4) is 0 Å². The Morgan fingerprint density at radius 2 is 0.828 bits per heavy atom. The van der Waals surface area contributed by atoms with E-state index in [2.05, 4.69) is 111 Å². The predicted octanol–water partition coefficient (Wildman–Crippen LogP) is 11.6. The van der Waals surface area contributed by atoms with Gasteiger partial charge in [-0.25, -0.2) is 9.59 Å². The fourth-order valence-corrected chi connectivity index (χ4v) is 7.72. The maximum Gasteiger partial charge on any atom is 0.331 e. The van der Waals surface area contributed by atoms with Crippen molar-refractivity contribution in [1.82, 2.24) is 0 Å². The Labute approximate surface area is 355 Å². The summed E-state index contributed by atoms with van der Waals surface area (Å²) in [6.07, 6.45) is 6.22. The van der Waals surface area contributed by atoms with Crippen LogP contribution in [-0.4, -0.2) is 74.4 Å². The van der Waals surface area contributed by atoms with Crippen LogP contribution in [-0.2, 0) is 44.7 Å². The number of ether oxygens (including phenoxy) is 2. The summed E-state index contributed by atoms with van der Waals surface area (Å²) in [5, 5.41) is 0. The molecule has 2 aliphatic rings. The van der Waals surface area contributed by atoms with Crippen molar-refractivity contribution in [3.05, 3.63) is 170 Å². The van der Waals surface area contributed by atoms with E-state index in [0.29, 0.717) is 13.1 Å². The Morgan fingerprint density at radius 3 is 1.17 bits per heavy atom. The number of nitrogens with zero attached hydrogens (tertiary/aromatic N) is 2. The lowest BCUT2D eigenvalue weighted by atomic mass is 9.87. The number of likely N-dealkylation sites (N-methyl/N-ethyl adjacent to an activating group) is 2. The maximum atomic E-state index is 12.6. The smallest absolute Gasteiger partial charge is 0.331 e. The van der Waals surface area contributed by atoms with E-state index in [1.165, 1.54) is 45.5 Å². The Balaban J connectivity index is 0.00000306. The van der Waals surface area contributed by atoms with Crippen LogP contribution in [0.15, 0.2) is 121 Å². The molecule has 0 N–H and O–H groups in total. The zero-order chi connectivity index (χ0) is 41.4. The summed E-state index contributed by atoms with van der Waals surface area (Å²) in [6, 6.07) is 39.1. The van der Waals surface area contributed by atoms with Gasteiger partial charge in [0.05, 0.1) is 27.2 Å². The van der Waals surface area contributed by atoms with Crippen molar-refractivity contribution in [2.45, 2.75) is 93.2 Å². The third-order valence-electron chi connectivity index (χ3n) is 10.7. The molecule has 4 atom stereocenters.